The lowest BCUT2D eigenvalue weighted by Gasteiger charge is -2.12. The zero-order valence-corrected chi connectivity index (χ0v) is 20.3. The number of aliphatic hydroxyl groups is 1. The summed E-state index contributed by atoms with van der Waals surface area (Å²) in [4.78, 5) is 18.4. The average molecular weight is 537 g/mol. The van der Waals surface area contributed by atoms with Gasteiger partial charge in [0.15, 0.2) is 23.1 Å². The Hall–Kier alpha value is -4.24. The summed E-state index contributed by atoms with van der Waals surface area (Å²) < 4.78 is 44.6. The molecule has 12 nitrogen and oxygen atoms in total. The predicted molar refractivity (Wildman–Crippen MR) is 130 cm³/mol. The van der Waals surface area contributed by atoms with Gasteiger partial charge in [0.05, 0.1) is 25.1 Å². The fourth-order valence-electron chi connectivity index (χ4n) is 3.45. The van der Waals surface area contributed by atoms with E-state index in [9.17, 15) is 13.2 Å². The Balaban J connectivity index is 0.000000505. The number of aryl methyl sites for hydroxylation is 1. The van der Waals surface area contributed by atoms with Crippen LogP contribution in [0.2, 0.25) is 0 Å². The third kappa shape index (κ3) is 6.74. The highest BCUT2D eigenvalue weighted by Gasteiger charge is 2.38. The minimum absolute atomic E-state index is 0.116. The van der Waals surface area contributed by atoms with Gasteiger partial charge >= 0.3 is 12.1 Å². The zero-order valence-electron chi connectivity index (χ0n) is 20.3. The Labute approximate surface area is 214 Å². The van der Waals surface area contributed by atoms with Gasteiger partial charge in [-0.3, -0.25) is 0 Å². The maximum absolute atomic E-state index is 10.6. The summed E-state index contributed by atoms with van der Waals surface area (Å²) in [6, 6.07) is 9.87. The minimum Gasteiger partial charge on any atom is -0.490 e. The maximum Gasteiger partial charge on any atom is 0.490 e. The number of nitrogens with one attached hydrogen (secondary N) is 1. The number of nitrogens with zero attached hydrogens (tertiary/aromatic N) is 5. The summed E-state index contributed by atoms with van der Waals surface area (Å²) in [5.41, 5.74) is 9.55. The van der Waals surface area contributed by atoms with Crippen molar-refractivity contribution in [2.75, 3.05) is 32.0 Å². The number of hydrogen-bond donors (Lipinski definition) is 4. The van der Waals surface area contributed by atoms with E-state index in [1.807, 2.05) is 41.8 Å². The number of aliphatic hydroxyl groups excluding tert-OH is 1. The summed E-state index contributed by atoms with van der Waals surface area (Å²) >= 11 is 0. The van der Waals surface area contributed by atoms with Crippen LogP contribution in [0.5, 0.6) is 5.75 Å². The van der Waals surface area contributed by atoms with Crippen LogP contribution in [0.1, 0.15) is 13.3 Å². The number of imidazole rings is 1. The monoisotopic (exact) mass is 537 g/mol. The quantitative estimate of drug-likeness (QED) is 0.219. The number of rotatable bonds is 10. The van der Waals surface area contributed by atoms with Gasteiger partial charge in [-0.15, -0.1) is 0 Å². The van der Waals surface area contributed by atoms with Crippen molar-refractivity contribution in [1.29, 1.82) is 0 Å². The second-order valence-corrected chi connectivity index (χ2v) is 7.69. The van der Waals surface area contributed by atoms with Crippen molar-refractivity contribution in [2.45, 2.75) is 26.1 Å². The van der Waals surface area contributed by atoms with E-state index in [0.717, 1.165) is 29.7 Å². The molecule has 0 saturated carbocycles. The largest absolute Gasteiger partial charge is 0.490 e. The number of halogens is 3. The van der Waals surface area contributed by atoms with E-state index >= 15 is 0 Å². The van der Waals surface area contributed by atoms with Crippen molar-refractivity contribution in [3.05, 3.63) is 36.5 Å². The summed E-state index contributed by atoms with van der Waals surface area (Å²) in [7, 11) is 0. The summed E-state index contributed by atoms with van der Waals surface area (Å²) in [6.45, 7) is 4.56. The number of nitrogens with two attached hydrogens (primary N) is 1. The molecule has 3 aromatic heterocycles. The van der Waals surface area contributed by atoms with Crippen LogP contribution >= 0.6 is 0 Å². The van der Waals surface area contributed by atoms with Gasteiger partial charge in [-0.25, -0.2) is 19.4 Å². The molecule has 38 heavy (non-hydrogen) atoms. The number of alkyl halides is 3. The van der Waals surface area contributed by atoms with E-state index in [4.69, 9.17) is 35.1 Å². The summed E-state index contributed by atoms with van der Waals surface area (Å²) in [5.74, 6) is -1.40. The number of carboxylic acid groups (broad SMARTS) is 1. The van der Waals surface area contributed by atoms with Crippen LogP contribution in [0.4, 0.5) is 19.0 Å². The Bertz CT molecular complexity index is 1340. The number of ether oxygens (including phenoxy) is 1. The van der Waals surface area contributed by atoms with Gasteiger partial charge in [0, 0.05) is 18.7 Å². The first-order chi connectivity index (χ1) is 18.2. The number of hydrogen-bond acceptors (Lipinski definition) is 10. The molecule has 0 aliphatic rings. The summed E-state index contributed by atoms with van der Waals surface area (Å²) in [6.07, 6.45) is -2.57. The number of benzene rings is 1. The molecule has 0 atom stereocenters. The molecule has 0 saturated heterocycles. The molecular weight excluding hydrogens is 511 g/mol. The molecule has 0 bridgehead atoms. The normalized spacial score (nSPS) is 11.3. The Morgan fingerprint density at radius 2 is 1.89 bits per heavy atom. The number of carbonyl (C=O) groups is 1. The number of aliphatic carboxylic acids is 1. The number of carboxylic acids is 1. The predicted octanol–water partition coefficient (Wildman–Crippen LogP) is 2.73. The topological polar surface area (TPSA) is 174 Å². The van der Waals surface area contributed by atoms with Gasteiger partial charge in [0.25, 0.3) is 0 Å². The third-order valence-corrected chi connectivity index (χ3v) is 5.11. The molecule has 3 heterocycles. The lowest BCUT2D eigenvalue weighted by Crippen LogP contribution is -2.21. The number of pyridine rings is 1. The van der Waals surface area contributed by atoms with Crippen LogP contribution in [0, 0.1) is 0 Å². The molecule has 4 rings (SSSR count). The van der Waals surface area contributed by atoms with Gasteiger partial charge in [0.1, 0.15) is 11.0 Å². The molecule has 0 unspecified atom stereocenters. The first-order valence-corrected chi connectivity index (χ1v) is 11.5. The van der Waals surface area contributed by atoms with Crippen LogP contribution < -0.4 is 15.8 Å². The van der Waals surface area contributed by atoms with Crippen LogP contribution in [0.25, 0.3) is 33.8 Å². The van der Waals surface area contributed by atoms with E-state index in [0.29, 0.717) is 42.5 Å². The highest BCUT2D eigenvalue weighted by Crippen LogP contribution is 2.36. The number of aromatic nitrogens is 5. The molecule has 1 aromatic carbocycles. The van der Waals surface area contributed by atoms with Crippen LogP contribution in [-0.2, 0) is 11.3 Å². The van der Waals surface area contributed by atoms with E-state index < -0.39 is 12.1 Å². The Morgan fingerprint density at radius 1 is 1.18 bits per heavy atom. The molecule has 0 radical (unpaired) electrons. The van der Waals surface area contributed by atoms with E-state index in [-0.39, 0.29) is 12.4 Å². The van der Waals surface area contributed by atoms with Crippen molar-refractivity contribution >= 4 is 22.8 Å². The smallest absolute Gasteiger partial charge is 0.490 e. The van der Waals surface area contributed by atoms with E-state index in [1.54, 1.807) is 6.20 Å². The van der Waals surface area contributed by atoms with Gasteiger partial charge in [-0.2, -0.15) is 13.2 Å². The van der Waals surface area contributed by atoms with Crippen molar-refractivity contribution in [1.82, 2.24) is 30.2 Å². The van der Waals surface area contributed by atoms with Crippen molar-refractivity contribution in [2.24, 2.45) is 0 Å². The molecule has 0 amide bonds. The van der Waals surface area contributed by atoms with Crippen molar-refractivity contribution in [3.63, 3.8) is 0 Å². The zero-order chi connectivity index (χ0) is 27.7. The molecule has 0 aliphatic heterocycles. The van der Waals surface area contributed by atoms with E-state index in [2.05, 4.69) is 20.6 Å². The molecule has 0 aliphatic carbocycles. The SMILES string of the molecule is CCn1c(-c2nonc2N)nc2c(-c3ccccc3)ncc(OCCCNCCO)c21.O=C(O)C(F)(F)F. The number of anilines is 1. The maximum atomic E-state index is 10.6. The Kier molecular flexibility index (Phi) is 9.56. The molecule has 204 valence electrons. The highest BCUT2D eigenvalue weighted by molar-refractivity contribution is 5.95. The molecule has 15 heteroatoms. The third-order valence-electron chi connectivity index (χ3n) is 5.11. The van der Waals surface area contributed by atoms with Crippen LogP contribution in [0.15, 0.2) is 41.2 Å². The lowest BCUT2D eigenvalue weighted by molar-refractivity contribution is -0.192. The van der Waals surface area contributed by atoms with Gasteiger partial charge < -0.3 is 30.6 Å². The van der Waals surface area contributed by atoms with Crippen molar-refractivity contribution < 1.29 is 37.5 Å². The first-order valence-electron chi connectivity index (χ1n) is 11.5. The van der Waals surface area contributed by atoms with Gasteiger partial charge in [-0.05, 0) is 30.2 Å². The number of fused-ring (bicyclic) bond motifs is 1. The summed E-state index contributed by atoms with van der Waals surface area (Å²) in [5, 5.41) is 26.8. The molecule has 0 fully saturated rings. The molecule has 4 aromatic rings. The lowest BCUT2D eigenvalue weighted by atomic mass is 10.1. The molecular formula is C23H26F3N7O5. The van der Waals surface area contributed by atoms with Gasteiger partial charge in [0.2, 0.25) is 0 Å². The minimum atomic E-state index is -5.08. The van der Waals surface area contributed by atoms with Crippen LogP contribution in [0.3, 0.4) is 0 Å². The average Bonchev–Trinajstić information content (AvgIpc) is 3.49. The van der Waals surface area contributed by atoms with Crippen LogP contribution in [-0.4, -0.2) is 73.5 Å². The Morgan fingerprint density at radius 3 is 2.47 bits per heavy atom. The first kappa shape index (κ1) is 28.3. The molecule has 0 spiro atoms. The second kappa shape index (κ2) is 12.8. The highest BCUT2D eigenvalue weighted by atomic mass is 19.4. The number of nitrogen functional groups attached to an aromatic ring is 1. The molecule has 5 N–H and O–H groups in total. The fraction of sp³-hybridized carbons (Fsp3) is 0.348. The fourth-order valence-corrected chi connectivity index (χ4v) is 3.45. The van der Waals surface area contributed by atoms with E-state index in [1.165, 1.54) is 0 Å². The second-order valence-electron chi connectivity index (χ2n) is 7.69. The van der Waals surface area contributed by atoms with Gasteiger partial charge in [-0.1, -0.05) is 30.3 Å². The standard InChI is InChI=1S/C21H25N7O3.C2HF3O2/c1-2-28-19-15(30-12-6-9-23-10-11-29)13-24-16(14-7-4-3-5-8-14)17(19)25-21(28)18-20(22)27-31-26-18;3-2(4,5)1(6)7/h3-5,7-8,13,23,29H,2,6,9-12H2,1H3,(H2,22,27);(H,6,7). The van der Waals surface area contributed by atoms with Crippen molar-refractivity contribution in [3.8, 4) is 28.5 Å².